The Labute approximate surface area is 157 Å². The number of benzene rings is 1. The fourth-order valence-electron chi connectivity index (χ4n) is 2.66. The Kier molecular flexibility index (Phi) is 6.13. The van der Waals surface area contributed by atoms with Crippen LogP contribution in [0.3, 0.4) is 0 Å². The van der Waals surface area contributed by atoms with E-state index in [2.05, 4.69) is 10.1 Å². The maximum atomic E-state index is 12.7. The van der Waals surface area contributed by atoms with Crippen LogP contribution in [0.25, 0.3) is 0 Å². The van der Waals surface area contributed by atoms with Crippen LogP contribution < -0.4 is 5.32 Å². The fraction of sp³-hybridized carbons (Fsp3) is 0.500. The second kappa shape index (κ2) is 7.95. The number of amides is 2. The molecule has 0 aliphatic carbocycles. The van der Waals surface area contributed by atoms with Gasteiger partial charge in [-0.2, -0.15) is 0 Å². The van der Waals surface area contributed by atoms with Gasteiger partial charge in [-0.1, -0.05) is 11.6 Å². The van der Waals surface area contributed by atoms with Crippen molar-refractivity contribution < 1.29 is 23.9 Å². The van der Waals surface area contributed by atoms with Crippen molar-refractivity contribution in [3.8, 4) is 0 Å². The van der Waals surface area contributed by atoms with Gasteiger partial charge in [0.15, 0.2) is 0 Å². The summed E-state index contributed by atoms with van der Waals surface area (Å²) in [6.45, 7) is 5.76. The number of hydrogen-bond donors (Lipinski definition) is 1. The average Bonchev–Trinajstić information content (AvgIpc) is 3.04. The van der Waals surface area contributed by atoms with E-state index in [1.54, 1.807) is 20.8 Å². The number of nitrogens with one attached hydrogen (secondary N) is 1. The molecular formula is C18H23ClN2O5. The predicted octanol–water partition coefficient (Wildman–Crippen LogP) is 3.46. The van der Waals surface area contributed by atoms with Crippen molar-refractivity contribution in [3.05, 3.63) is 28.8 Å². The van der Waals surface area contributed by atoms with Crippen molar-refractivity contribution in [1.82, 2.24) is 4.90 Å². The number of rotatable bonds is 3. The third-order valence-corrected chi connectivity index (χ3v) is 4.16. The lowest BCUT2D eigenvalue weighted by Crippen LogP contribution is -2.45. The molecule has 26 heavy (non-hydrogen) atoms. The van der Waals surface area contributed by atoms with Crippen LogP contribution in [0.5, 0.6) is 0 Å². The van der Waals surface area contributed by atoms with Crippen LogP contribution in [-0.2, 0) is 14.3 Å². The third kappa shape index (κ3) is 4.88. The largest absolute Gasteiger partial charge is 0.465 e. The molecule has 0 saturated carbocycles. The summed E-state index contributed by atoms with van der Waals surface area (Å²) in [6.07, 6.45) is 0.705. The highest BCUT2D eigenvalue weighted by molar-refractivity contribution is 6.34. The summed E-state index contributed by atoms with van der Waals surface area (Å²) in [5.74, 6) is -0.911. The average molecular weight is 383 g/mol. The van der Waals surface area contributed by atoms with Crippen LogP contribution in [0.1, 0.15) is 44.0 Å². The zero-order valence-electron chi connectivity index (χ0n) is 15.3. The van der Waals surface area contributed by atoms with Crippen LogP contribution in [-0.4, -0.2) is 48.2 Å². The quantitative estimate of drug-likeness (QED) is 0.809. The number of hydrogen-bond acceptors (Lipinski definition) is 5. The first-order chi connectivity index (χ1) is 12.1. The van der Waals surface area contributed by atoms with Crippen molar-refractivity contribution in [2.24, 2.45) is 0 Å². The SMILES string of the molecule is COC(=O)c1ccc(Cl)c(NC(=O)C2CCCN2C(=O)OC(C)(C)C)c1. The van der Waals surface area contributed by atoms with Crippen LogP contribution in [0.15, 0.2) is 18.2 Å². The Bertz CT molecular complexity index is 714. The number of ether oxygens (including phenoxy) is 2. The number of carbonyl (C=O) groups is 3. The first-order valence-electron chi connectivity index (χ1n) is 8.30. The zero-order valence-corrected chi connectivity index (χ0v) is 16.1. The van der Waals surface area contributed by atoms with E-state index in [0.717, 1.165) is 0 Å². The van der Waals surface area contributed by atoms with Gasteiger partial charge in [-0.05, 0) is 51.8 Å². The van der Waals surface area contributed by atoms with Gasteiger partial charge in [-0.15, -0.1) is 0 Å². The summed E-state index contributed by atoms with van der Waals surface area (Å²) < 4.78 is 10.0. The summed E-state index contributed by atoms with van der Waals surface area (Å²) >= 11 is 6.11. The molecule has 1 fully saturated rings. The van der Waals surface area contributed by atoms with Gasteiger partial charge in [-0.25, -0.2) is 9.59 Å². The number of anilines is 1. The molecular weight excluding hydrogens is 360 g/mol. The van der Waals surface area contributed by atoms with Crippen molar-refractivity contribution in [1.29, 1.82) is 0 Å². The molecule has 142 valence electrons. The molecule has 0 aromatic heterocycles. The third-order valence-electron chi connectivity index (χ3n) is 3.83. The van der Waals surface area contributed by atoms with Crippen molar-refractivity contribution in [3.63, 3.8) is 0 Å². The first kappa shape index (κ1) is 20.0. The summed E-state index contributed by atoms with van der Waals surface area (Å²) in [6, 6.07) is 3.80. The number of halogens is 1. The number of esters is 1. The summed E-state index contributed by atoms with van der Waals surface area (Å²) in [4.78, 5) is 38.0. The van der Waals surface area contributed by atoms with Crippen LogP contribution in [0.2, 0.25) is 5.02 Å². The molecule has 2 rings (SSSR count). The van der Waals surface area contributed by atoms with Crippen molar-refractivity contribution in [2.75, 3.05) is 19.0 Å². The molecule has 1 unspecified atom stereocenters. The van der Waals surface area contributed by atoms with Crippen LogP contribution in [0, 0.1) is 0 Å². The molecule has 1 aromatic rings. The monoisotopic (exact) mass is 382 g/mol. The van der Waals surface area contributed by atoms with Crippen LogP contribution >= 0.6 is 11.6 Å². The lowest BCUT2D eigenvalue weighted by atomic mass is 10.1. The molecule has 0 bridgehead atoms. The number of carbonyl (C=O) groups excluding carboxylic acids is 3. The number of nitrogens with zero attached hydrogens (tertiary/aromatic N) is 1. The van der Waals surface area contributed by atoms with E-state index in [9.17, 15) is 14.4 Å². The standard InChI is InChI=1S/C18H23ClN2O5/c1-18(2,3)26-17(24)21-9-5-6-14(21)15(22)20-13-10-11(16(23)25-4)7-8-12(13)19/h7-8,10,14H,5-6,9H2,1-4H3,(H,20,22). The molecule has 1 atom stereocenters. The Balaban J connectivity index is 2.14. The highest BCUT2D eigenvalue weighted by atomic mass is 35.5. The molecule has 7 nitrogen and oxygen atoms in total. The van der Waals surface area contributed by atoms with Crippen molar-refractivity contribution >= 4 is 35.3 Å². The lowest BCUT2D eigenvalue weighted by Gasteiger charge is -2.28. The first-order valence-corrected chi connectivity index (χ1v) is 8.68. The highest BCUT2D eigenvalue weighted by Crippen LogP contribution is 2.26. The van der Waals surface area contributed by atoms with Gasteiger partial charge >= 0.3 is 12.1 Å². The van der Waals surface area contributed by atoms with Crippen LogP contribution in [0.4, 0.5) is 10.5 Å². The molecule has 1 aromatic carbocycles. The van der Waals surface area contributed by atoms with Crippen molar-refractivity contribution in [2.45, 2.75) is 45.3 Å². The predicted molar refractivity (Wildman–Crippen MR) is 97.4 cm³/mol. The molecule has 1 heterocycles. The molecule has 0 spiro atoms. The fourth-order valence-corrected chi connectivity index (χ4v) is 2.83. The zero-order chi connectivity index (χ0) is 19.5. The van der Waals surface area contributed by atoms with E-state index in [4.69, 9.17) is 16.3 Å². The molecule has 1 aliphatic heterocycles. The molecule has 1 saturated heterocycles. The maximum Gasteiger partial charge on any atom is 0.410 e. The van der Waals surface area contributed by atoms with E-state index < -0.39 is 23.7 Å². The summed E-state index contributed by atoms with van der Waals surface area (Å²) in [5, 5.41) is 2.98. The highest BCUT2D eigenvalue weighted by Gasteiger charge is 2.36. The van der Waals surface area contributed by atoms with E-state index >= 15 is 0 Å². The molecule has 0 radical (unpaired) electrons. The maximum absolute atomic E-state index is 12.7. The molecule has 2 amide bonds. The van der Waals surface area contributed by atoms with Gasteiger partial charge in [0.05, 0.1) is 23.4 Å². The smallest absolute Gasteiger partial charge is 0.410 e. The molecule has 1 aliphatic rings. The Morgan fingerprint density at radius 3 is 2.58 bits per heavy atom. The van der Waals surface area contributed by atoms with Gasteiger partial charge in [0.1, 0.15) is 11.6 Å². The second-order valence-electron chi connectivity index (χ2n) is 7.01. The van der Waals surface area contributed by atoms with Gasteiger partial charge in [0.25, 0.3) is 0 Å². The van der Waals surface area contributed by atoms with Gasteiger partial charge in [0.2, 0.25) is 5.91 Å². The van der Waals surface area contributed by atoms with Gasteiger partial charge < -0.3 is 14.8 Å². The molecule has 8 heteroatoms. The normalized spacial score (nSPS) is 17.0. The summed E-state index contributed by atoms with van der Waals surface area (Å²) in [7, 11) is 1.27. The van der Waals surface area contributed by atoms with Gasteiger partial charge in [0, 0.05) is 6.54 Å². The van der Waals surface area contributed by atoms with E-state index in [1.165, 1.54) is 30.2 Å². The minimum atomic E-state index is -0.650. The number of likely N-dealkylation sites (tertiary alicyclic amines) is 1. The lowest BCUT2D eigenvalue weighted by molar-refractivity contribution is -0.120. The van der Waals surface area contributed by atoms with E-state index in [0.29, 0.717) is 19.4 Å². The Morgan fingerprint density at radius 1 is 1.27 bits per heavy atom. The Hall–Kier alpha value is -2.28. The van der Waals surface area contributed by atoms with E-state index in [1.807, 2.05) is 0 Å². The van der Waals surface area contributed by atoms with Gasteiger partial charge in [-0.3, -0.25) is 9.69 Å². The topological polar surface area (TPSA) is 84.9 Å². The number of methoxy groups -OCH3 is 1. The molecule has 1 N–H and O–H groups in total. The summed E-state index contributed by atoms with van der Waals surface area (Å²) in [5.41, 5.74) is -0.0861. The Morgan fingerprint density at radius 2 is 1.96 bits per heavy atom. The minimum absolute atomic E-state index is 0.266. The van der Waals surface area contributed by atoms with E-state index in [-0.39, 0.29) is 22.2 Å². The second-order valence-corrected chi connectivity index (χ2v) is 7.41. The minimum Gasteiger partial charge on any atom is -0.465 e.